The molecule has 0 rings (SSSR count). The minimum Gasteiger partial charge on any atom is -0.466 e. The highest BCUT2D eigenvalue weighted by Gasteiger charge is 2.01. The molecule has 0 aromatic rings. The highest BCUT2D eigenvalue weighted by Crippen LogP contribution is 1.96. The van der Waals surface area contributed by atoms with E-state index in [1.54, 1.807) is 0 Å². The lowest BCUT2D eigenvalue weighted by molar-refractivity contribution is -0.144. The molecule has 0 unspecified atom stereocenters. The smallest absolute Gasteiger partial charge is 0.305 e. The van der Waals surface area contributed by atoms with Crippen LogP contribution in [0.4, 0.5) is 0 Å². The quantitative estimate of drug-likeness (QED) is 0.433. The molecule has 100 valence electrons. The van der Waals surface area contributed by atoms with Gasteiger partial charge in [-0.2, -0.15) is 0 Å². The lowest BCUT2D eigenvalue weighted by Crippen LogP contribution is -2.10. The molecule has 0 heterocycles. The van der Waals surface area contributed by atoms with Crippen molar-refractivity contribution in [1.82, 2.24) is 0 Å². The van der Waals surface area contributed by atoms with Gasteiger partial charge in [0.1, 0.15) is 6.61 Å². The van der Waals surface area contributed by atoms with Crippen LogP contribution in [0.3, 0.4) is 0 Å². The van der Waals surface area contributed by atoms with Crippen molar-refractivity contribution in [3.8, 4) is 0 Å². The Hall–Kier alpha value is -1.10. The zero-order chi connectivity index (χ0) is 12.9. The maximum absolute atomic E-state index is 11.1. The van der Waals surface area contributed by atoms with Crippen molar-refractivity contribution in [3.63, 3.8) is 0 Å². The Balaban J connectivity index is 3.16. The number of unbranched alkanes of at least 4 members (excludes halogenated alkanes) is 1. The zero-order valence-corrected chi connectivity index (χ0v) is 10.7. The SMILES string of the molecule is CCCCOC(=O)CCCOCCOC(C)=O. The fourth-order valence-electron chi connectivity index (χ4n) is 1.07. The number of carbonyl (C=O) groups excluding carboxylic acids is 2. The number of hydrogen-bond donors (Lipinski definition) is 0. The first-order valence-electron chi connectivity index (χ1n) is 6.03. The summed E-state index contributed by atoms with van der Waals surface area (Å²) in [6.45, 7) is 5.00. The number of hydrogen-bond acceptors (Lipinski definition) is 5. The van der Waals surface area contributed by atoms with E-state index in [4.69, 9.17) is 9.47 Å². The van der Waals surface area contributed by atoms with Crippen LogP contribution in [0, 0.1) is 0 Å². The molecule has 0 fully saturated rings. The zero-order valence-electron chi connectivity index (χ0n) is 10.7. The van der Waals surface area contributed by atoms with Gasteiger partial charge in [0, 0.05) is 20.0 Å². The van der Waals surface area contributed by atoms with Crippen molar-refractivity contribution in [2.45, 2.75) is 39.5 Å². The van der Waals surface area contributed by atoms with Crippen LogP contribution in [0.1, 0.15) is 39.5 Å². The van der Waals surface area contributed by atoms with Crippen LogP contribution in [0.15, 0.2) is 0 Å². The highest BCUT2D eigenvalue weighted by molar-refractivity contribution is 5.69. The molecular formula is C12H22O5. The van der Waals surface area contributed by atoms with E-state index in [-0.39, 0.29) is 18.5 Å². The molecule has 0 aliphatic carbocycles. The van der Waals surface area contributed by atoms with Crippen LogP contribution in [-0.2, 0) is 23.8 Å². The first-order chi connectivity index (χ1) is 8.16. The molecular weight excluding hydrogens is 224 g/mol. The summed E-state index contributed by atoms with van der Waals surface area (Å²) in [5, 5.41) is 0. The Kier molecular flexibility index (Phi) is 10.7. The van der Waals surface area contributed by atoms with Crippen molar-refractivity contribution >= 4 is 11.9 Å². The van der Waals surface area contributed by atoms with Gasteiger partial charge in [0.05, 0.1) is 13.2 Å². The Bertz CT molecular complexity index is 215. The number of rotatable bonds is 10. The fourth-order valence-corrected chi connectivity index (χ4v) is 1.07. The monoisotopic (exact) mass is 246 g/mol. The van der Waals surface area contributed by atoms with Crippen molar-refractivity contribution in [2.75, 3.05) is 26.4 Å². The van der Waals surface area contributed by atoms with Gasteiger partial charge in [-0.1, -0.05) is 13.3 Å². The van der Waals surface area contributed by atoms with Gasteiger partial charge in [-0.15, -0.1) is 0 Å². The third-order valence-corrected chi connectivity index (χ3v) is 1.96. The molecule has 0 aromatic heterocycles. The summed E-state index contributed by atoms with van der Waals surface area (Å²) >= 11 is 0. The van der Waals surface area contributed by atoms with Crippen LogP contribution in [0.2, 0.25) is 0 Å². The van der Waals surface area contributed by atoms with Crippen LogP contribution in [0.5, 0.6) is 0 Å². The molecule has 5 heteroatoms. The second kappa shape index (κ2) is 11.4. The molecule has 0 radical (unpaired) electrons. The van der Waals surface area contributed by atoms with Crippen molar-refractivity contribution in [1.29, 1.82) is 0 Å². The van der Waals surface area contributed by atoms with E-state index in [9.17, 15) is 9.59 Å². The second-order valence-electron chi connectivity index (χ2n) is 3.63. The van der Waals surface area contributed by atoms with E-state index in [1.807, 2.05) is 6.92 Å². The average Bonchev–Trinajstić information content (AvgIpc) is 2.28. The van der Waals surface area contributed by atoms with Gasteiger partial charge in [0.15, 0.2) is 0 Å². The Morgan fingerprint density at radius 1 is 0.941 bits per heavy atom. The maximum atomic E-state index is 11.1. The van der Waals surface area contributed by atoms with Crippen molar-refractivity contribution in [3.05, 3.63) is 0 Å². The molecule has 17 heavy (non-hydrogen) atoms. The average molecular weight is 246 g/mol. The van der Waals surface area contributed by atoms with Gasteiger partial charge in [-0.25, -0.2) is 0 Å². The van der Waals surface area contributed by atoms with E-state index in [1.165, 1.54) is 6.92 Å². The topological polar surface area (TPSA) is 61.8 Å². The molecule has 0 spiro atoms. The lowest BCUT2D eigenvalue weighted by Gasteiger charge is -2.05. The summed E-state index contributed by atoms with van der Waals surface area (Å²) in [7, 11) is 0. The van der Waals surface area contributed by atoms with Gasteiger partial charge in [-0.05, 0) is 12.8 Å². The first kappa shape index (κ1) is 15.9. The summed E-state index contributed by atoms with van der Waals surface area (Å²) in [5.41, 5.74) is 0. The molecule has 5 nitrogen and oxygen atoms in total. The van der Waals surface area contributed by atoms with E-state index >= 15 is 0 Å². The maximum Gasteiger partial charge on any atom is 0.305 e. The number of esters is 2. The molecule has 0 aliphatic rings. The molecule has 0 atom stereocenters. The molecule has 0 amide bonds. The van der Waals surface area contributed by atoms with E-state index < -0.39 is 0 Å². The predicted molar refractivity (Wildman–Crippen MR) is 62.6 cm³/mol. The van der Waals surface area contributed by atoms with Crippen molar-refractivity contribution in [2.24, 2.45) is 0 Å². The lowest BCUT2D eigenvalue weighted by atomic mass is 10.3. The second-order valence-corrected chi connectivity index (χ2v) is 3.63. The molecule has 0 N–H and O–H groups in total. The van der Waals surface area contributed by atoms with Gasteiger partial charge in [0.2, 0.25) is 0 Å². The molecule has 0 saturated carbocycles. The summed E-state index contributed by atoms with van der Waals surface area (Å²) < 4.78 is 14.8. The summed E-state index contributed by atoms with van der Waals surface area (Å²) in [5.74, 6) is -0.491. The molecule has 0 aliphatic heterocycles. The van der Waals surface area contributed by atoms with E-state index in [0.717, 1.165) is 12.8 Å². The van der Waals surface area contributed by atoms with Crippen molar-refractivity contribution < 1.29 is 23.8 Å². The minimum atomic E-state index is -0.312. The van der Waals surface area contributed by atoms with Crippen LogP contribution in [0.25, 0.3) is 0 Å². The number of ether oxygens (including phenoxy) is 3. The predicted octanol–water partition coefficient (Wildman–Crippen LogP) is 1.69. The van der Waals surface area contributed by atoms with Crippen LogP contribution < -0.4 is 0 Å². The van der Waals surface area contributed by atoms with Gasteiger partial charge < -0.3 is 14.2 Å². The van der Waals surface area contributed by atoms with E-state index in [2.05, 4.69) is 4.74 Å². The largest absolute Gasteiger partial charge is 0.466 e. The summed E-state index contributed by atoms with van der Waals surface area (Å²) in [6, 6.07) is 0. The van der Waals surface area contributed by atoms with Gasteiger partial charge in [0.25, 0.3) is 0 Å². The molecule has 0 aromatic carbocycles. The fraction of sp³-hybridized carbons (Fsp3) is 0.833. The normalized spacial score (nSPS) is 10.0. The highest BCUT2D eigenvalue weighted by atomic mass is 16.6. The Labute approximate surface area is 102 Å². The van der Waals surface area contributed by atoms with Crippen LogP contribution in [-0.4, -0.2) is 38.4 Å². The Morgan fingerprint density at radius 3 is 2.35 bits per heavy atom. The van der Waals surface area contributed by atoms with E-state index in [0.29, 0.717) is 32.7 Å². The molecule has 0 bridgehead atoms. The molecule has 0 saturated heterocycles. The third kappa shape index (κ3) is 12.8. The summed E-state index contributed by atoms with van der Waals surface area (Å²) in [6.07, 6.45) is 2.93. The van der Waals surface area contributed by atoms with Gasteiger partial charge >= 0.3 is 11.9 Å². The first-order valence-corrected chi connectivity index (χ1v) is 6.03. The van der Waals surface area contributed by atoms with Crippen LogP contribution >= 0.6 is 0 Å². The summed E-state index contributed by atoms with van der Waals surface area (Å²) in [4.78, 5) is 21.6. The third-order valence-electron chi connectivity index (χ3n) is 1.96. The number of carbonyl (C=O) groups is 2. The van der Waals surface area contributed by atoms with Gasteiger partial charge in [-0.3, -0.25) is 9.59 Å². The Morgan fingerprint density at radius 2 is 1.71 bits per heavy atom. The standard InChI is InChI=1S/C12H22O5/c1-3-4-8-17-12(14)6-5-7-15-9-10-16-11(2)13/h3-10H2,1-2H3. The minimum absolute atomic E-state index is 0.179.